The number of aromatic nitrogens is 1. The maximum absolute atomic E-state index is 14.6. The predicted molar refractivity (Wildman–Crippen MR) is 136 cm³/mol. The molecule has 3 aromatic rings. The van der Waals surface area contributed by atoms with Crippen molar-refractivity contribution < 1.29 is 30.8 Å². The Labute approximate surface area is 214 Å². The molecule has 37 heavy (non-hydrogen) atoms. The molecular formula is C28H29F4NO3S. The number of rotatable bonds is 10. The number of pyridine rings is 1. The summed E-state index contributed by atoms with van der Waals surface area (Å²) in [4.78, 5) is 16.8. The quantitative estimate of drug-likeness (QED) is 0.278. The molecule has 0 radical (unpaired) electrons. The highest BCUT2D eigenvalue weighted by Crippen LogP contribution is 2.32. The van der Waals surface area contributed by atoms with Gasteiger partial charge in [-0.2, -0.15) is 13.2 Å². The third-order valence-electron chi connectivity index (χ3n) is 6.38. The summed E-state index contributed by atoms with van der Waals surface area (Å²) in [5, 5.41) is 0. The Balaban J connectivity index is 1.77. The van der Waals surface area contributed by atoms with Crippen molar-refractivity contribution in [3.63, 3.8) is 0 Å². The van der Waals surface area contributed by atoms with Crippen LogP contribution in [0.15, 0.2) is 54.6 Å². The summed E-state index contributed by atoms with van der Waals surface area (Å²) in [6.07, 6.45) is -4.34. The summed E-state index contributed by atoms with van der Waals surface area (Å²) >= 11 is 0. The van der Waals surface area contributed by atoms with Crippen LogP contribution in [0.2, 0.25) is 0 Å². The van der Waals surface area contributed by atoms with Gasteiger partial charge in [0.25, 0.3) is 0 Å². The van der Waals surface area contributed by atoms with Gasteiger partial charge in [0.15, 0.2) is 0 Å². The summed E-state index contributed by atoms with van der Waals surface area (Å²) in [5.74, 6) is -1.59. The lowest BCUT2D eigenvalue weighted by Crippen LogP contribution is -2.14. The van der Waals surface area contributed by atoms with Crippen LogP contribution in [0.5, 0.6) is 0 Å². The fraction of sp³-hybridized carbons (Fsp3) is 0.357. The number of carbonyl (C=O) groups is 1. The van der Waals surface area contributed by atoms with Gasteiger partial charge in [-0.05, 0) is 54.7 Å². The summed E-state index contributed by atoms with van der Waals surface area (Å²) in [6.45, 7) is 5.01. The Morgan fingerprint density at radius 2 is 1.70 bits per heavy atom. The summed E-state index contributed by atoms with van der Waals surface area (Å²) in [5.41, 5.74) is 1.80. The zero-order chi connectivity index (χ0) is 27.4. The molecule has 1 aromatic heterocycles. The third kappa shape index (κ3) is 7.47. The Kier molecular flexibility index (Phi) is 8.89. The first-order valence-corrected chi connectivity index (χ1v) is 13.8. The number of hydrogen-bond donors (Lipinski definition) is 0. The lowest BCUT2D eigenvalue weighted by atomic mass is 9.91. The summed E-state index contributed by atoms with van der Waals surface area (Å²) in [6, 6.07) is 13.6. The number of carbonyl (C=O) groups excluding carboxylic acids is 1. The number of sulfone groups is 1. The standard InChI is InChI=1S/C28H29F4NO3S/c1-4-37(35,36)15-14-20-8-9-22(17-24(20)29)19(3)25(34)12-10-21-11-13-26(28(30,31)32)33-27(21)23-7-5-6-18(2)16-23/h5-9,11,13,16-17,19H,4,10,12,14-15H2,1-3H3. The first kappa shape index (κ1) is 28.5. The van der Waals surface area contributed by atoms with Crippen LogP contribution in [0.4, 0.5) is 17.6 Å². The average Bonchev–Trinajstić information content (AvgIpc) is 2.85. The molecule has 198 valence electrons. The molecule has 0 aliphatic heterocycles. The monoisotopic (exact) mass is 535 g/mol. The van der Waals surface area contributed by atoms with Gasteiger partial charge in [0, 0.05) is 23.7 Å². The van der Waals surface area contributed by atoms with E-state index in [2.05, 4.69) is 4.98 Å². The highest BCUT2D eigenvalue weighted by atomic mass is 32.2. The van der Waals surface area contributed by atoms with Gasteiger partial charge in [0.2, 0.25) is 0 Å². The van der Waals surface area contributed by atoms with Crippen molar-refractivity contribution in [3.05, 3.63) is 88.4 Å². The lowest BCUT2D eigenvalue weighted by molar-refractivity contribution is -0.141. The van der Waals surface area contributed by atoms with Crippen molar-refractivity contribution in [3.8, 4) is 11.3 Å². The largest absolute Gasteiger partial charge is 0.433 e. The molecule has 1 unspecified atom stereocenters. The second-order valence-corrected chi connectivity index (χ2v) is 11.6. The zero-order valence-electron chi connectivity index (χ0n) is 20.9. The number of Topliss-reactive ketones (excluding diaryl/α,β-unsaturated/α-hetero) is 1. The van der Waals surface area contributed by atoms with Crippen molar-refractivity contribution >= 4 is 15.6 Å². The minimum absolute atomic E-state index is 0.0156. The van der Waals surface area contributed by atoms with Crippen LogP contribution in [0.25, 0.3) is 11.3 Å². The van der Waals surface area contributed by atoms with E-state index in [9.17, 15) is 30.8 Å². The van der Waals surface area contributed by atoms with Gasteiger partial charge in [-0.1, -0.05) is 55.8 Å². The normalized spacial score (nSPS) is 12.9. The lowest BCUT2D eigenvalue weighted by Gasteiger charge is -2.15. The smallest absolute Gasteiger partial charge is 0.299 e. The van der Waals surface area contributed by atoms with E-state index >= 15 is 0 Å². The van der Waals surface area contributed by atoms with E-state index in [1.807, 2.05) is 13.0 Å². The Hall–Kier alpha value is -3.07. The number of benzene rings is 2. The molecule has 0 spiro atoms. The first-order valence-electron chi connectivity index (χ1n) is 12.0. The second-order valence-electron chi connectivity index (χ2n) is 9.10. The molecule has 0 N–H and O–H groups in total. The Morgan fingerprint density at radius 3 is 2.32 bits per heavy atom. The van der Waals surface area contributed by atoms with Crippen LogP contribution >= 0.6 is 0 Å². The van der Waals surface area contributed by atoms with Gasteiger partial charge >= 0.3 is 6.18 Å². The maximum atomic E-state index is 14.6. The topological polar surface area (TPSA) is 64.1 Å². The van der Waals surface area contributed by atoms with E-state index in [4.69, 9.17) is 0 Å². The van der Waals surface area contributed by atoms with Crippen LogP contribution in [0.1, 0.15) is 54.1 Å². The minimum atomic E-state index is -4.60. The van der Waals surface area contributed by atoms with Gasteiger partial charge in [-0.25, -0.2) is 17.8 Å². The van der Waals surface area contributed by atoms with Gasteiger partial charge < -0.3 is 0 Å². The van der Waals surface area contributed by atoms with Crippen LogP contribution in [-0.4, -0.2) is 30.7 Å². The molecule has 9 heteroatoms. The van der Waals surface area contributed by atoms with Crippen LogP contribution < -0.4 is 0 Å². The van der Waals surface area contributed by atoms with Gasteiger partial charge in [-0.15, -0.1) is 0 Å². The molecule has 0 aliphatic rings. The molecule has 1 atom stereocenters. The molecule has 3 rings (SSSR count). The van der Waals surface area contributed by atoms with E-state index in [0.29, 0.717) is 16.7 Å². The summed E-state index contributed by atoms with van der Waals surface area (Å²) in [7, 11) is -3.23. The SMILES string of the molecule is CCS(=O)(=O)CCc1ccc(C(C)C(=O)CCc2ccc(C(F)(F)F)nc2-c2cccc(C)c2)cc1F. The van der Waals surface area contributed by atoms with E-state index in [1.165, 1.54) is 25.1 Å². The average molecular weight is 536 g/mol. The highest BCUT2D eigenvalue weighted by Gasteiger charge is 2.33. The predicted octanol–water partition coefficient (Wildman–Crippen LogP) is 6.50. The van der Waals surface area contributed by atoms with Crippen molar-refractivity contribution in [1.82, 2.24) is 4.98 Å². The molecule has 0 saturated heterocycles. The van der Waals surface area contributed by atoms with Gasteiger partial charge in [0.1, 0.15) is 27.1 Å². The molecule has 0 aliphatic carbocycles. The molecule has 1 heterocycles. The van der Waals surface area contributed by atoms with E-state index in [1.54, 1.807) is 31.2 Å². The van der Waals surface area contributed by atoms with Crippen molar-refractivity contribution in [1.29, 1.82) is 0 Å². The van der Waals surface area contributed by atoms with Gasteiger partial charge in [-0.3, -0.25) is 4.79 Å². The molecule has 0 amide bonds. The fourth-order valence-electron chi connectivity index (χ4n) is 4.00. The molecule has 0 fully saturated rings. The Morgan fingerprint density at radius 1 is 1.00 bits per heavy atom. The fourth-order valence-corrected chi connectivity index (χ4v) is 4.82. The molecule has 0 bridgehead atoms. The molecule has 0 saturated carbocycles. The van der Waals surface area contributed by atoms with E-state index in [-0.39, 0.29) is 47.8 Å². The third-order valence-corrected chi connectivity index (χ3v) is 8.09. The number of alkyl halides is 3. The molecule has 2 aromatic carbocycles. The van der Waals surface area contributed by atoms with Crippen molar-refractivity contribution in [2.45, 2.75) is 52.1 Å². The molecular weight excluding hydrogens is 506 g/mol. The van der Waals surface area contributed by atoms with Crippen molar-refractivity contribution in [2.24, 2.45) is 0 Å². The number of nitrogens with zero attached hydrogens (tertiary/aromatic N) is 1. The van der Waals surface area contributed by atoms with Crippen LogP contribution in [0.3, 0.4) is 0 Å². The Bertz CT molecular complexity index is 1380. The zero-order valence-corrected chi connectivity index (χ0v) is 21.7. The summed E-state index contributed by atoms with van der Waals surface area (Å²) < 4.78 is 78.0. The van der Waals surface area contributed by atoms with E-state index < -0.39 is 33.4 Å². The van der Waals surface area contributed by atoms with Crippen molar-refractivity contribution in [2.75, 3.05) is 11.5 Å². The number of ketones is 1. The van der Waals surface area contributed by atoms with Crippen LogP contribution in [-0.2, 0) is 33.6 Å². The van der Waals surface area contributed by atoms with E-state index in [0.717, 1.165) is 11.6 Å². The maximum Gasteiger partial charge on any atom is 0.433 e. The van der Waals surface area contributed by atoms with Gasteiger partial charge in [0.05, 0.1) is 11.4 Å². The molecule has 4 nitrogen and oxygen atoms in total. The number of halogens is 4. The second kappa shape index (κ2) is 11.5. The minimum Gasteiger partial charge on any atom is -0.299 e. The highest BCUT2D eigenvalue weighted by molar-refractivity contribution is 7.91. The van der Waals surface area contributed by atoms with Crippen LogP contribution in [0, 0.1) is 12.7 Å². The number of hydrogen-bond acceptors (Lipinski definition) is 4. The number of aryl methyl sites for hydroxylation is 3. The first-order chi connectivity index (χ1) is 17.3.